The molecule has 1 saturated heterocycles. The van der Waals surface area contributed by atoms with Gasteiger partial charge in [0, 0.05) is 37.8 Å². The van der Waals surface area contributed by atoms with Gasteiger partial charge in [0.2, 0.25) is 5.88 Å². The highest BCUT2D eigenvalue weighted by molar-refractivity contribution is 5.94. The first-order valence-electron chi connectivity index (χ1n) is 9.42. The lowest BCUT2D eigenvalue weighted by molar-refractivity contribution is 0.0729. The fourth-order valence-corrected chi connectivity index (χ4v) is 3.70. The Morgan fingerprint density at radius 2 is 2.19 bits per heavy atom. The molecule has 0 radical (unpaired) electrons. The summed E-state index contributed by atoms with van der Waals surface area (Å²) in [4.78, 5) is 19.0. The summed E-state index contributed by atoms with van der Waals surface area (Å²) in [5, 5.41) is 8.37. The van der Waals surface area contributed by atoms with Gasteiger partial charge in [-0.1, -0.05) is 0 Å². The molecule has 138 valence electrons. The Labute approximate surface area is 153 Å². The van der Waals surface area contributed by atoms with Crippen molar-refractivity contribution in [3.05, 3.63) is 36.0 Å². The van der Waals surface area contributed by atoms with Crippen LogP contribution in [0.1, 0.15) is 48.3 Å². The SMILES string of the molecule is COc1ccc(C(=O)N2CCCC2CCc2nncn2CC2CC2)cn1. The van der Waals surface area contributed by atoms with Gasteiger partial charge >= 0.3 is 0 Å². The molecule has 0 spiro atoms. The molecule has 4 rings (SSSR count). The highest BCUT2D eigenvalue weighted by Crippen LogP contribution is 2.31. The van der Waals surface area contributed by atoms with Gasteiger partial charge in [0.1, 0.15) is 12.2 Å². The number of likely N-dealkylation sites (tertiary alicyclic amines) is 1. The number of carbonyl (C=O) groups excluding carboxylic acids is 1. The summed E-state index contributed by atoms with van der Waals surface area (Å²) in [6.45, 7) is 1.84. The predicted molar refractivity (Wildman–Crippen MR) is 95.9 cm³/mol. The van der Waals surface area contributed by atoms with E-state index in [0.29, 0.717) is 11.4 Å². The Balaban J connectivity index is 1.38. The molecule has 3 heterocycles. The summed E-state index contributed by atoms with van der Waals surface area (Å²) in [7, 11) is 1.57. The van der Waals surface area contributed by atoms with E-state index in [1.807, 2.05) is 11.2 Å². The third kappa shape index (κ3) is 3.71. The van der Waals surface area contributed by atoms with E-state index >= 15 is 0 Å². The van der Waals surface area contributed by atoms with Gasteiger partial charge in [0.25, 0.3) is 5.91 Å². The Bertz CT molecular complexity index is 754. The molecule has 7 nitrogen and oxygen atoms in total. The molecule has 1 unspecified atom stereocenters. The first-order chi connectivity index (χ1) is 12.7. The third-order valence-electron chi connectivity index (χ3n) is 5.38. The lowest BCUT2D eigenvalue weighted by Gasteiger charge is -2.24. The van der Waals surface area contributed by atoms with Crippen molar-refractivity contribution in [2.75, 3.05) is 13.7 Å². The fourth-order valence-electron chi connectivity index (χ4n) is 3.70. The molecule has 0 aromatic carbocycles. The number of ether oxygens (including phenoxy) is 1. The van der Waals surface area contributed by atoms with Crippen molar-refractivity contribution in [2.24, 2.45) is 5.92 Å². The quantitative estimate of drug-likeness (QED) is 0.762. The normalized spacial score (nSPS) is 19.7. The standard InChI is InChI=1S/C19H25N5O2/c1-26-18-9-6-15(11-20-18)19(25)24-10-2-3-16(24)7-8-17-22-21-13-23(17)12-14-4-5-14/h6,9,11,13-14,16H,2-5,7-8,10,12H2,1H3. The van der Waals surface area contributed by atoms with Gasteiger partial charge in [-0.25, -0.2) is 4.98 Å². The van der Waals surface area contributed by atoms with Gasteiger partial charge in [-0.3, -0.25) is 4.79 Å². The largest absolute Gasteiger partial charge is 0.481 e. The van der Waals surface area contributed by atoms with Crippen LogP contribution in [0.3, 0.4) is 0 Å². The maximum atomic E-state index is 12.9. The van der Waals surface area contributed by atoms with E-state index in [2.05, 4.69) is 19.7 Å². The van der Waals surface area contributed by atoms with Gasteiger partial charge in [-0.15, -0.1) is 10.2 Å². The smallest absolute Gasteiger partial charge is 0.255 e. The third-order valence-corrected chi connectivity index (χ3v) is 5.38. The second-order valence-corrected chi connectivity index (χ2v) is 7.27. The molecule has 2 aromatic rings. The van der Waals surface area contributed by atoms with Crippen LogP contribution >= 0.6 is 0 Å². The summed E-state index contributed by atoms with van der Waals surface area (Å²) >= 11 is 0. The number of hydrogen-bond acceptors (Lipinski definition) is 5. The molecule has 0 bridgehead atoms. The van der Waals surface area contributed by atoms with Gasteiger partial charge in [0.15, 0.2) is 0 Å². The second kappa shape index (κ2) is 7.43. The monoisotopic (exact) mass is 355 g/mol. The van der Waals surface area contributed by atoms with Gasteiger partial charge in [0.05, 0.1) is 12.7 Å². The predicted octanol–water partition coefficient (Wildman–Crippen LogP) is 2.33. The average Bonchev–Trinajstić information content (AvgIpc) is 3.18. The molecule has 1 atom stereocenters. The number of hydrogen-bond donors (Lipinski definition) is 0. The maximum Gasteiger partial charge on any atom is 0.255 e. The topological polar surface area (TPSA) is 73.1 Å². The first kappa shape index (κ1) is 17.0. The van der Waals surface area contributed by atoms with Crippen molar-refractivity contribution >= 4 is 5.91 Å². The number of aromatic nitrogens is 4. The van der Waals surface area contributed by atoms with E-state index in [4.69, 9.17) is 4.74 Å². The van der Waals surface area contributed by atoms with Crippen molar-refractivity contribution in [3.63, 3.8) is 0 Å². The number of methoxy groups -OCH3 is 1. The van der Waals surface area contributed by atoms with Gasteiger partial charge < -0.3 is 14.2 Å². The average molecular weight is 355 g/mol. The number of carbonyl (C=O) groups is 1. The molecule has 2 fully saturated rings. The molecular formula is C19H25N5O2. The van der Waals surface area contributed by atoms with Crippen LogP contribution in [-0.4, -0.2) is 50.3 Å². The van der Waals surface area contributed by atoms with Crippen LogP contribution in [0, 0.1) is 5.92 Å². The Morgan fingerprint density at radius 1 is 1.31 bits per heavy atom. The molecule has 1 aliphatic carbocycles. The van der Waals surface area contributed by atoms with Crippen LogP contribution in [0.2, 0.25) is 0 Å². The Hall–Kier alpha value is -2.44. The molecule has 1 aliphatic heterocycles. The van der Waals surface area contributed by atoms with Crippen LogP contribution in [0.15, 0.2) is 24.7 Å². The van der Waals surface area contributed by atoms with Crippen molar-refractivity contribution in [1.82, 2.24) is 24.6 Å². The molecule has 1 saturated carbocycles. The zero-order valence-electron chi connectivity index (χ0n) is 15.2. The van der Waals surface area contributed by atoms with E-state index in [1.54, 1.807) is 25.4 Å². The van der Waals surface area contributed by atoms with E-state index in [9.17, 15) is 4.79 Å². The summed E-state index contributed by atoms with van der Waals surface area (Å²) in [6, 6.07) is 3.78. The molecular weight excluding hydrogens is 330 g/mol. The van der Waals surface area contributed by atoms with Gasteiger partial charge in [-0.2, -0.15) is 0 Å². The van der Waals surface area contributed by atoms with E-state index in [1.165, 1.54) is 12.8 Å². The maximum absolute atomic E-state index is 12.9. The van der Waals surface area contributed by atoms with Crippen molar-refractivity contribution in [2.45, 2.75) is 51.1 Å². The zero-order valence-corrected chi connectivity index (χ0v) is 15.2. The van der Waals surface area contributed by atoms with E-state index in [-0.39, 0.29) is 11.9 Å². The number of pyridine rings is 1. The zero-order chi connectivity index (χ0) is 17.9. The van der Waals surface area contributed by atoms with Crippen LogP contribution in [0.25, 0.3) is 0 Å². The lowest BCUT2D eigenvalue weighted by atomic mass is 10.1. The number of rotatable bonds is 7. The summed E-state index contributed by atoms with van der Waals surface area (Å²) in [5.41, 5.74) is 0.620. The lowest BCUT2D eigenvalue weighted by Crippen LogP contribution is -2.36. The molecule has 2 aromatic heterocycles. The van der Waals surface area contributed by atoms with Crippen LogP contribution in [0.5, 0.6) is 5.88 Å². The van der Waals surface area contributed by atoms with Crippen molar-refractivity contribution in [3.8, 4) is 5.88 Å². The van der Waals surface area contributed by atoms with E-state index < -0.39 is 0 Å². The minimum atomic E-state index is 0.0575. The van der Waals surface area contributed by atoms with Crippen molar-refractivity contribution < 1.29 is 9.53 Å². The molecule has 0 N–H and O–H groups in total. The van der Waals surface area contributed by atoms with Crippen LogP contribution in [-0.2, 0) is 13.0 Å². The molecule has 1 amide bonds. The minimum Gasteiger partial charge on any atom is -0.481 e. The van der Waals surface area contributed by atoms with E-state index in [0.717, 1.165) is 50.5 Å². The molecule has 26 heavy (non-hydrogen) atoms. The molecule has 2 aliphatic rings. The Kier molecular flexibility index (Phi) is 4.86. The van der Waals surface area contributed by atoms with Gasteiger partial charge in [-0.05, 0) is 44.1 Å². The second-order valence-electron chi connectivity index (χ2n) is 7.27. The molecule has 7 heteroatoms. The number of nitrogens with zero attached hydrogens (tertiary/aromatic N) is 5. The minimum absolute atomic E-state index is 0.0575. The summed E-state index contributed by atoms with van der Waals surface area (Å²) in [6.07, 6.45) is 9.97. The highest BCUT2D eigenvalue weighted by Gasteiger charge is 2.30. The van der Waals surface area contributed by atoms with Crippen LogP contribution in [0.4, 0.5) is 0 Å². The summed E-state index contributed by atoms with van der Waals surface area (Å²) in [5.74, 6) is 2.43. The first-order valence-corrected chi connectivity index (χ1v) is 9.42. The van der Waals surface area contributed by atoms with Crippen LogP contribution < -0.4 is 4.74 Å². The number of amides is 1. The van der Waals surface area contributed by atoms with Crippen molar-refractivity contribution in [1.29, 1.82) is 0 Å². The summed E-state index contributed by atoms with van der Waals surface area (Å²) < 4.78 is 7.25. The fraction of sp³-hybridized carbons (Fsp3) is 0.579. The number of aryl methyl sites for hydroxylation is 1. The Morgan fingerprint density at radius 3 is 2.92 bits per heavy atom. The highest BCUT2D eigenvalue weighted by atomic mass is 16.5.